The van der Waals surface area contributed by atoms with Gasteiger partial charge in [0.05, 0.1) is 30.7 Å². The summed E-state index contributed by atoms with van der Waals surface area (Å²) in [5.74, 6) is 0.616. The minimum absolute atomic E-state index is 0.114. The van der Waals surface area contributed by atoms with Crippen LogP contribution in [0.15, 0.2) is 77.6 Å². The van der Waals surface area contributed by atoms with Gasteiger partial charge in [0.15, 0.2) is 0 Å². The van der Waals surface area contributed by atoms with E-state index in [1.54, 1.807) is 22.8 Å². The third kappa shape index (κ3) is 5.57. The van der Waals surface area contributed by atoms with Crippen molar-refractivity contribution in [3.05, 3.63) is 105 Å². The van der Waals surface area contributed by atoms with Crippen LogP contribution in [0.2, 0.25) is 0 Å². The van der Waals surface area contributed by atoms with Crippen molar-refractivity contribution in [3.8, 4) is 0 Å². The molecule has 1 unspecified atom stereocenters. The van der Waals surface area contributed by atoms with Crippen molar-refractivity contribution in [2.24, 2.45) is 0 Å². The molecule has 0 spiro atoms. The molecule has 1 aliphatic rings. The van der Waals surface area contributed by atoms with Gasteiger partial charge >= 0.3 is 0 Å². The predicted molar refractivity (Wildman–Crippen MR) is 147 cm³/mol. The molecule has 5 rings (SSSR count). The number of rotatable bonds is 7. The molecule has 0 radical (unpaired) electrons. The van der Waals surface area contributed by atoms with E-state index in [2.05, 4.69) is 29.3 Å². The van der Waals surface area contributed by atoms with Gasteiger partial charge < -0.3 is 15.0 Å². The van der Waals surface area contributed by atoms with Gasteiger partial charge in [-0.1, -0.05) is 67.1 Å². The Morgan fingerprint density at radius 3 is 2.49 bits per heavy atom. The number of amides is 1. The first-order valence-electron chi connectivity index (χ1n) is 12.8. The van der Waals surface area contributed by atoms with E-state index in [9.17, 15) is 9.59 Å². The highest BCUT2D eigenvalue weighted by Gasteiger charge is 2.20. The van der Waals surface area contributed by atoms with Crippen molar-refractivity contribution in [1.82, 2.24) is 14.9 Å². The Balaban J connectivity index is 1.45. The molecule has 7 heteroatoms. The molecule has 0 aliphatic carbocycles. The molecule has 1 saturated heterocycles. The van der Waals surface area contributed by atoms with Gasteiger partial charge in [-0.25, -0.2) is 4.98 Å². The number of fused-ring (bicyclic) bond motifs is 1. The first-order chi connectivity index (χ1) is 18.0. The first-order valence-corrected chi connectivity index (χ1v) is 12.8. The van der Waals surface area contributed by atoms with E-state index in [4.69, 9.17) is 9.72 Å². The Morgan fingerprint density at radius 2 is 1.76 bits per heavy atom. The molecule has 3 aromatic carbocycles. The highest BCUT2D eigenvalue weighted by atomic mass is 16.5. The van der Waals surface area contributed by atoms with Crippen LogP contribution >= 0.6 is 0 Å². The molecule has 7 nitrogen and oxygen atoms in total. The molecule has 0 bridgehead atoms. The van der Waals surface area contributed by atoms with Gasteiger partial charge in [-0.05, 0) is 42.2 Å². The number of aryl methyl sites for hydroxylation is 1. The zero-order chi connectivity index (χ0) is 25.8. The summed E-state index contributed by atoms with van der Waals surface area (Å²) in [5, 5.41) is 3.52. The minimum atomic E-state index is -0.178. The molecule has 0 saturated carbocycles. The van der Waals surface area contributed by atoms with Crippen LogP contribution in [0.5, 0.6) is 0 Å². The van der Waals surface area contributed by atoms with E-state index < -0.39 is 0 Å². The summed E-state index contributed by atoms with van der Waals surface area (Å²) < 4.78 is 7.26. The minimum Gasteiger partial charge on any atom is -0.378 e. The van der Waals surface area contributed by atoms with Crippen molar-refractivity contribution >= 4 is 22.8 Å². The number of benzene rings is 3. The monoisotopic (exact) mass is 496 g/mol. The number of nitrogens with one attached hydrogen (secondary N) is 1. The van der Waals surface area contributed by atoms with E-state index in [1.807, 2.05) is 49.4 Å². The van der Waals surface area contributed by atoms with Crippen LogP contribution in [0.3, 0.4) is 0 Å². The molecule has 1 fully saturated rings. The van der Waals surface area contributed by atoms with Crippen LogP contribution in [0, 0.1) is 6.92 Å². The fourth-order valence-electron chi connectivity index (χ4n) is 4.62. The summed E-state index contributed by atoms with van der Waals surface area (Å²) >= 11 is 0. The van der Waals surface area contributed by atoms with Crippen LogP contribution in [0.4, 0.5) is 5.95 Å². The number of carbonyl (C=O) groups is 1. The first kappa shape index (κ1) is 24.7. The van der Waals surface area contributed by atoms with Gasteiger partial charge in [-0.2, -0.15) is 0 Å². The largest absolute Gasteiger partial charge is 0.378 e. The van der Waals surface area contributed by atoms with Crippen LogP contribution in [-0.4, -0.2) is 48.3 Å². The lowest BCUT2D eigenvalue weighted by atomic mass is 10.0. The van der Waals surface area contributed by atoms with Crippen molar-refractivity contribution in [2.45, 2.75) is 26.3 Å². The lowest BCUT2D eigenvalue weighted by molar-refractivity contribution is 0.0951. The Labute approximate surface area is 216 Å². The summed E-state index contributed by atoms with van der Waals surface area (Å²) in [6.07, 6.45) is 0. The van der Waals surface area contributed by atoms with Gasteiger partial charge in [0.2, 0.25) is 5.95 Å². The zero-order valence-electron chi connectivity index (χ0n) is 21.3. The van der Waals surface area contributed by atoms with E-state index >= 15 is 0 Å². The maximum atomic E-state index is 13.7. The lowest BCUT2D eigenvalue weighted by Gasteiger charge is -2.30. The Bertz CT molecular complexity index is 1440. The summed E-state index contributed by atoms with van der Waals surface area (Å²) in [7, 11) is 0. The number of hydrogen-bond acceptors (Lipinski definition) is 5. The molecular weight excluding hydrogens is 464 g/mol. The Kier molecular flexibility index (Phi) is 7.32. The Hall–Kier alpha value is -3.97. The third-order valence-electron chi connectivity index (χ3n) is 6.89. The smallest absolute Gasteiger partial charge is 0.263 e. The second kappa shape index (κ2) is 11.0. The normalized spacial score (nSPS) is 14.5. The summed E-state index contributed by atoms with van der Waals surface area (Å²) in [6.45, 7) is 7.55. The Morgan fingerprint density at radius 1 is 1.03 bits per heavy atom. The average Bonchev–Trinajstić information content (AvgIpc) is 2.94. The van der Waals surface area contributed by atoms with E-state index in [0.29, 0.717) is 61.8 Å². The van der Waals surface area contributed by atoms with Gasteiger partial charge in [-0.15, -0.1) is 0 Å². The van der Waals surface area contributed by atoms with Gasteiger partial charge in [0.25, 0.3) is 11.5 Å². The SMILES string of the molecule is Cc1ccc(Cn2c(N3CCOCC3)nc3cc(C(=O)NCC(C)c4ccccc4)ccc3c2=O)cc1. The standard InChI is InChI=1S/C30H32N4O3/c1-21-8-10-23(11-9-21)20-34-29(36)26-13-12-25(18-27(26)32-30(34)33-14-16-37-17-15-33)28(35)31-19-22(2)24-6-4-3-5-7-24/h3-13,18,22H,14-17,19-20H2,1-2H3,(H,31,35). The van der Waals surface area contributed by atoms with Crippen LogP contribution in [-0.2, 0) is 11.3 Å². The number of carbonyl (C=O) groups excluding carboxylic acids is 1. The van der Waals surface area contributed by atoms with Crippen LogP contribution in [0.25, 0.3) is 10.9 Å². The van der Waals surface area contributed by atoms with Gasteiger partial charge in [-0.3, -0.25) is 14.2 Å². The molecular formula is C30H32N4O3. The van der Waals surface area contributed by atoms with Crippen molar-refractivity contribution in [2.75, 3.05) is 37.7 Å². The topological polar surface area (TPSA) is 76.5 Å². The van der Waals surface area contributed by atoms with E-state index in [0.717, 1.165) is 5.56 Å². The number of anilines is 1. The number of nitrogens with zero attached hydrogens (tertiary/aromatic N) is 3. The molecule has 190 valence electrons. The number of morpholine rings is 1. The fraction of sp³-hybridized carbons (Fsp3) is 0.300. The van der Waals surface area contributed by atoms with Crippen molar-refractivity contribution in [1.29, 1.82) is 0 Å². The number of aromatic nitrogens is 2. The summed E-state index contributed by atoms with van der Waals surface area (Å²) in [5.41, 5.74) is 4.28. The molecule has 37 heavy (non-hydrogen) atoms. The zero-order valence-corrected chi connectivity index (χ0v) is 21.3. The summed E-state index contributed by atoms with van der Waals surface area (Å²) in [4.78, 5) is 33.7. The molecule has 1 atom stereocenters. The van der Waals surface area contributed by atoms with E-state index in [1.165, 1.54) is 11.1 Å². The highest BCUT2D eigenvalue weighted by molar-refractivity contribution is 5.97. The highest BCUT2D eigenvalue weighted by Crippen LogP contribution is 2.20. The van der Waals surface area contributed by atoms with Gasteiger partial charge in [0, 0.05) is 25.2 Å². The molecule has 2 heterocycles. The predicted octanol–water partition coefficient (Wildman–Crippen LogP) is 4.12. The quantitative estimate of drug-likeness (QED) is 0.417. The molecule has 1 N–H and O–H groups in total. The molecule has 1 aromatic heterocycles. The maximum absolute atomic E-state index is 13.7. The number of ether oxygens (including phenoxy) is 1. The second-order valence-corrected chi connectivity index (χ2v) is 9.64. The maximum Gasteiger partial charge on any atom is 0.263 e. The fourth-order valence-corrected chi connectivity index (χ4v) is 4.62. The molecule has 1 aliphatic heterocycles. The van der Waals surface area contributed by atoms with E-state index in [-0.39, 0.29) is 17.4 Å². The van der Waals surface area contributed by atoms with Crippen molar-refractivity contribution < 1.29 is 9.53 Å². The third-order valence-corrected chi connectivity index (χ3v) is 6.89. The van der Waals surface area contributed by atoms with Crippen molar-refractivity contribution in [3.63, 3.8) is 0 Å². The van der Waals surface area contributed by atoms with Gasteiger partial charge in [0.1, 0.15) is 0 Å². The molecule has 4 aromatic rings. The molecule has 1 amide bonds. The lowest BCUT2D eigenvalue weighted by Crippen LogP contribution is -2.41. The van der Waals surface area contributed by atoms with Crippen LogP contribution in [0.1, 0.15) is 39.9 Å². The number of hydrogen-bond donors (Lipinski definition) is 1. The second-order valence-electron chi connectivity index (χ2n) is 9.64. The summed E-state index contributed by atoms with van der Waals surface area (Å²) in [6, 6.07) is 23.4. The average molecular weight is 497 g/mol. The van der Waals surface area contributed by atoms with Crippen LogP contribution < -0.4 is 15.8 Å².